The van der Waals surface area contributed by atoms with E-state index in [1.54, 1.807) is 0 Å². The molecule has 0 radical (unpaired) electrons. The second kappa shape index (κ2) is 6.60. The zero-order chi connectivity index (χ0) is 35.0. The predicted octanol–water partition coefficient (Wildman–Crippen LogP) is 7.88. The number of para-hydroxylation sites is 4. The SMILES string of the molecule is [2H]c1c([2H])c([2H])c2c(c1[2H])c1c([2H])c([2H])c([2H])c([2H])c1n2-c1cccc(-n2c3c([2H])c([2H])c([2H])c([2H])c3c3c([2H])c([2H])c([2H])c([2H])c32)c1. The van der Waals surface area contributed by atoms with Gasteiger partial charge in [-0.2, -0.15) is 0 Å². The van der Waals surface area contributed by atoms with Crippen LogP contribution in [0.2, 0.25) is 0 Å². The highest BCUT2D eigenvalue weighted by molar-refractivity contribution is 6.10. The van der Waals surface area contributed by atoms with Crippen molar-refractivity contribution in [2.24, 2.45) is 0 Å². The van der Waals surface area contributed by atoms with E-state index in [0.717, 1.165) is 0 Å². The van der Waals surface area contributed by atoms with Gasteiger partial charge in [-0.15, -0.1) is 0 Å². The molecule has 0 N–H and O–H groups in total. The molecule has 0 spiro atoms. The maximum absolute atomic E-state index is 8.79. The summed E-state index contributed by atoms with van der Waals surface area (Å²) in [6.45, 7) is 0. The molecule has 2 nitrogen and oxygen atoms in total. The smallest absolute Gasteiger partial charge is 0.0645 e. The molecule has 0 saturated heterocycles. The largest absolute Gasteiger partial charge is 0.309 e. The fourth-order valence-corrected chi connectivity index (χ4v) is 4.13. The third kappa shape index (κ3) is 2.35. The molecule has 32 heavy (non-hydrogen) atoms. The van der Waals surface area contributed by atoms with Crippen molar-refractivity contribution in [2.45, 2.75) is 0 Å². The molecular formula is C30H20N2. The average molecular weight is 425 g/mol. The van der Waals surface area contributed by atoms with Crippen molar-refractivity contribution in [1.29, 1.82) is 0 Å². The Labute approximate surface area is 208 Å². The van der Waals surface area contributed by atoms with E-state index in [-0.39, 0.29) is 55.0 Å². The van der Waals surface area contributed by atoms with E-state index in [0.29, 0.717) is 0 Å². The van der Waals surface area contributed by atoms with Crippen LogP contribution in [0.1, 0.15) is 21.9 Å². The van der Waals surface area contributed by atoms with E-state index >= 15 is 0 Å². The van der Waals surface area contributed by atoms with Gasteiger partial charge in [0.2, 0.25) is 0 Å². The number of hydrogen-bond acceptors (Lipinski definition) is 0. The van der Waals surface area contributed by atoms with Crippen molar-refractivity contribution in [3.8, 4) is 11.4 Å². The van der Waals surface area contributed by atoms with Gasteiger partial charge in [-0.3, -0.25) is 0 Å². The number of aromatic nitrogens is 2. The normalized spacial score (nSPS) is 18.8. The van der Waals surface area contributed by atoms with Crippen LogP contribution in [0.15, 0.2) is 121 Å². The average Bonchev–Trinajstić information content (AvgIpc) is 3.63. The van der Waals surface area contributed by atoms with Gasteiger partial charge in [0, 0.05) is 32.9 Å². The molecule has 0 fully saturated rings. The number of nitrogens with zero attached hydrogens (tertiary/aromatic N) is 2. The maximum atomic E-state index is 8.79. The lowest BCUT2D eigenvalue weighted by Crippen LogP contribution is -1.98. The molecule has 2 aromatic heterocycles. The highest BCUT2D eigenvalue weighted by atomic mass is 15.0. The number of hydrogen-bond donors (Lipinski definition) is 0. The van der Waals surface area contributed by atoms with E-state index in [1.807, 2.05) is 0 Å². The highest BCUT2D eigenvalue weighted by Crippen LogP contribution is 2.35. The summed E-state index contributed by atoms with van der Waals surface area (Å²) in [7, 11) is 0. The fraction of sp³-hybridized carbons (Fsp3) is 0. The molecule has 0 atom stereocenters. The minimum absolute atomic E-state index is 0.131. The van der Waals surface area contributed by atoms with Crippen LogP contribution >= 0.6 is 0 Å². The van der Waals surface area contributed by atoms with Gasteiger partial charge < -0.3 is 9.13 Å². The van der Waals surface area contributed by atoms with Gasteiger partial charge in [0.1, 0.15) is 0 Å². The van der Waals surface area contributed by atoms with E-state index in [9.17, 15) is 0 Å². The summed E-state index contributed by atoms with van der Waals surface area (Å²) in [5.74, 6) is 0. The first kappa shape index (κ1) is 7.99. The van der Waals surface area contributed by atoms with Crippen molar-refractivity contribution in [3.05, 3.63) is 121 Å². The topological polar surface area (TPSA) is 9.86 Å². The number of rotatable bonds is 2. The van der Waals surface area contributed by atoms with Crippen LogP contribution in [0.5, 0.6) is 0 Å². The van der Waals surface area contributed by atoms with E-state index < -0.39 is 96.7 Å². The Morgan fingerprint density at radius 1 is 0.438 bits per heavy atom. The molecule has 0 unspecified atom stereocenters. The lowest BCUT2D eigenvalue weighted by Gasteiger charge is -2.12. The molecule has 2 heteroatoms. The Kier molecular flexibility index (Phi) is 1.65. The van der Waals surface area contributed by atoms with Crippen LogP contribution < -0.4 is 0 Å². The molecule has 0 saturated carbocycles. The summed E-state index contributed by atoms with van der Waals surface area (Å²) in [5, 5.41) is -0.524. The summed E-state index contributed by atoms with van der Waals surface area (Å²) >= 11 is 0. The Balaban J connectivity index is 1.71. The minimum Gasteiger partial charge on any atom is -0.309 e. The fourth-order valence-electron chi connectivity index (χ4n) is 4.13. The van der Waals surface area contributed by atoms with Gasteiger partial charge in [-0.25, -0.2) is 0 Å². The summed E-state index contributed by atoms with van der Waals surface area (Å²) in [6, 6.07) is -2.87. The lowest BCUT2D eigenvalue weighted by molar-refractivity contribution is 1.13. The molecule has 0 aliphatic carbocycles. The van der Waals surface area contributed by atoms with Crippen LogP contribution in [0.25, 0.3) is 55.0 Å². The second-order valence-corrected chi connectivity index (χ2v) is 7.09. The van der Waals surface area contributed by atoms with Crippen LogP contribution in [0.3, 0.4) is 0 Å². The summed E-state index contributed by atoms with van der Waals surface area (Å²) < 4.78 is 139. The molecule has 0 aliphatic rings. The zero-order valence-corrected chi connectivity index (χ0v) is 16.2. The van der Waals surface area contributed by atoms with Crippen molar-refractivity contribution < 1.29 is 21.9 Å². The van der Waals surface area contributed by atoms with Crippen LogP contribution in [0.4, 0.5) is 0 Å². The molecular weight excluding hydrogens is 388 g/mol. The number of benzene rings is 5. The Morgan fingerprint density at radius 2 is 0.750 bits per heavy atom. The van der Waals surface area contributed by atoms with Gasteiger partial charge in [0.15, 0.2) is 0 Å². The number of fused-ring (bicyclic) bond motifs is 6. The standard InChI is InChI=1S/C30H20N2/c1-5-16-27-23(12-1)24-13-2-6-17-28(24)31(27)21-10-9-11-22(20-21)32-29-18-7-3-14-25(29)26-15-4-8-19-30(26)32/h1-20H/i1D,2D,3D,4D,5D,6D,7D,8D,12D,13D,14D,15D,16D,17D,18D,19D. The van der Waals surface area contributed by atoms with Crippen molar-refractivity contribution in [3.63, 3.8) is 0 Å². The van der Waals surface area contributed by atoms with E-state index in [2.05, 4.69) is 0 Å². The van der Waals surface area contributed by atoms with Crippen LogP contribution in [-0.4, -0.2) is 9.13 Å². The van der Waals surface area contributed by atoms with Gasteiger partial charge in [-0.1, -0.05) is 78.6 Å². The summed E-state index contributed by atoms with van der Waals surface area (Å²) in [4.78, 5) is 0. The summed E-state index contributed by atoms with van der Waals surface area (Å²) in [5.41, 5.74) is -0.256. The van der Waals surface area contributed by atoms with Gasteiger partial charge in [0.05, 0.1) is 44.0 Å². The second-order valence-electron chi connectivity index (χ2n) is 7.09. The molecule has 150 valence electrons. The van der Waals surface area contributed by atoms with Crippen molar-refractivity contribution in [1.82, 2.24) is 9.13 Å². The van der Waals surface area contributed by atoms with Crippen molar-refractivity contribution >= 4 is 43.6 Å². The monoisotopic (exact) mass is 424 g/mol. The van der Waals surface area contributed by atoms with Gasteiger partial charge in [-0.05, 0) is 42.4 Å². The highest BCUT2D eigenvalue weighted by Gasteiger charge is 2.14. The zero-order valence-electron chi connectivity index (χ0n) is 32.2. The van der Waals surface area contributed by atoms with Crippen molar-refractivity contribution in [2.75, 3.05) is 0 Å². The quantitative estimate of drug-likeness (QED) is 0.267. The first-order valence-corrected chi connectivity index (χ1v) is 9.66. The molecule has 0 amide bonds. The molecule has 5 aromatic carbocycles. The molecule has 7 aromatic rings. The first-order chi connectivity index (χ1) is 22.5. The molecule has 7 rings (SSSR count). The minimum atomic E-state index is -0.600. The van der Waals surface area contributed by atoms with Gasteiger partial charge >= 0.3 is 0 Å². The Bertz CT molecular complexity index is 2300. The Morgan fingerprint density at radius 3 is 1.09 bits per heavy atom. The third-order valence-corrected chi connectivity index (χ3v) is 5.41. The lowest BCUT2D eigenvalue weighted by atomic mass is 10.2. The summed E-state index contributed by atoms with van der Waals surface area (Å²) in [6.07, 6.45) is 0. The molecule has 0 bridgehead atoms. The Hall–Kier alpha value is -4.30. The maximum Gasteiger partial charge on any atom is 0.0645 e. The van der Waals surface area contributed by atoms with E-state index in [1.165, 1.54) is 33.4 Å². The molecule has 2 heterocycles. The molecule has 0 aliphatic heterocycles. The predicted molar refractivity (Wildman–Crippen MR) is 135 cm³/mol. The van der Waals surface area contributed by atoms with E-state index in [4.69, 9.17) is 21.9 Å². The van der Waals surface area contributed by atoms with Crippen LogP contribution in [0, 0.1) is 0 Å². The van der Waals surface area contributed by atoms with Gasteiger partial charge in [0.25, 0.3) is 0 Å². The van der Waals surface area contributed by atoms with Crippen LogP contribution in [-0.2, 0) is 0 Å². The third-order valence-electron chi connectivity index (χ3n) is 5.41. The first-order valence-electron chi connectivity index (χ1n) is 17.7.